The lowest BCUT2D eigenvalue weighted by molar-refractivity contribution is -0.384. The summed E-state index contributed by atoms with van der Waals surface area (Å²) < 4.78 is 1.35. The van der Waals surface area contributed by atoms with Crippen molar-refractivity contribution in [3.63, 3.8) is 0 Å². The normalized spacial score (nSPS) is 11.9. The van der Waals surface area contributed by atoms with Gasteiger partial charge in [0.05, 0.1) is 20.9 Å². The van der Waals surface area contributed by atoms with Crippen LogP contribution in [-0.2, 0) is 9.59 Å². The number of nitro benzene ring substituents is 1. The zero-order valence-electron chi connectivity index (χ0n) is 13.8. The summed E-state index contributed by atoms with van der Waals surface area (Å²) in [6.45, 7) is 4.16. The first-order valence-corrected chi connectivity index (χ1v) is 9.45. The van der Waals surface area contributed by atoms with Crippen molar-refractivity contribution < 1.29 is 14.5 Å². The van der Waals surface area contributed by atoms with Crippen molar-refractivity contribution in [2.75, 3.05) is 12.3 Å². The molecule has 10 heteroatoms. The van der Waals surface area contributed by atoms with Crippen LogP contribution in [0.5, 0.6) is 0 Å². The molecular weight excluding hydrogens is 364 g/mol. The summed E-state index contributed by atoms with van der Waals surface area (Å²) in [5.74, 6) is -0.366. The van der Waals surface area contributed by atoms with E-state index < -0.39 is 11.0 Å². The van der Waals surface area contributed by atoms with Crippen molar-refractivity contribution >= 4 is 50.8 Å². The zero-order valence-corrected chi connectivity index (χ0v) is 15.4. The Balaban J connectivity index is 1.90. The van der Waals surface area contributed by atoms with Crippen molar-refractivity contribution in [2.24, 2.45) is 0 Å². The van der Waals surface area contributed by atoms with Crippen LogP contribution in [0.25, 0.3) is 10.2 Å². The highest BCUT2D eigenvalue weighted by atomic mass is 32.2. The number of carbonyl (C=O) groups is 2. The Labute approximate surface area is 152 Å². The number of hydrogen-bond acceptors (Lipinski definition) is 7. The summed E-state index contributed by atoms with van der Waals surface area (Å²) in [7, 11) is 0. The Morgan fingerprint density at radius 3 is 2.88 bits per heavy atom. The molecule has 0 aliphatic carbocycles. The highest BCUT2D eigenvalue weighted by molar-refractivity contribution is 8.01. The summed E-state index contributed by atoms with van der Waals surface area (Å²) in [5, 5.41) is 16.1. The third kappa shape index (κ3) is 5.40. The topological polar surface area (TPSA) is 114 Å². The summed E-state index contributed by atoms with van der Waals surface area (Å²) in [6, 6.07) is 3.86. The second kappa shape index (κ2) is 8.77. The largest absolute Gasteiger partial charge is 0.354 e. The number of thioether (sulfide) groups is 1. The van der Waals surface area contributed by atoms with E-state index in [1.165, 1.54) is 35.2 Å². The van der Waals surface area contributed by atoms with Gasteiger partial charge in [-0.05, 0) is 19.4 Å². The Morgan fingerprint density at radius 2 is 2.20 bits per heavy atom. The van der Waals surface area contributed by atoms with E-state index in [9.17, 15) is 19.7 Å². The molecule has 2 aromatic rings. The third-order valence-corrected chi connectivity index (χ3v) is 5.37. The molecule has 0 bridgehead atoms. The van der Waals surface area contributed by atoms with Gasteiger partial charge >= 0.3 is 0 Å². The monoisotopic (exact) mass is 382 g/mol. The average molecular weight is 382 g/mol. The smallest absolute Gasteiger partial charge is 0.270 e. The molecule has 25 heavy (non-hydrogen) atoms. The van der Waals surface area contributed by atoms with Gasteiger partial charge in [0.2, 0.25) is 11.8 Å². The number of hydrogen-bond donors (Lipinski definition) is 2. The fraction of sp³-hybridized carbons (Fsp3) is 0.400. The number of carbonyl (C=O) groups excluding carboxylic acids is 2. The lowest BCUT2D eigenvalue weighted by atomic mass is 10.3. The van der Waals surface area contributed by atoms with Crippen LogP contribution in [0.1, 0.15) is 20.3 Å². The molecule has 0 unspecified atom stereocenters. The Morgan fingerprint density at radius 1 is 1.44 bits per heavy atom. The van der Waals surface area contributed by atoms with E-state index in [1.54, 1.807) is 13.0 Å². The van der Waals surface area contributed by atoms with Gasteiger partial charge in [-0.2, -0.15) is 0 Å². The van der Waals surface area contributed by atoms with E-state index in [0.717, 1.165) is 6.42 Å². The first-order chi connectivity index (χ1) is 11.9. The van der Waals surface area contributed by atoms with Crippen molar-refractivity contribution in [3.05, 3.63) is 28.3 Å². The maximum atomic E-state index is 11.9. The number of aromatic nitrogens is 1. The minimum absolute atomic E-state index is 0.0114. The minimum atomic E-state index is -0.599. The molecule has 1 heterocycles. The van der Waals surface area contributed by atoms with Gasteiger partial charge in [0.1, 0.15) is 6.04 Å². The Bertz CT molecular complexity index is 793. The minimum Gasteiger partial charge on any atom is -0.354 e. The lowest BCUT2D eigenvalue weighted by Gasteiger charge is -2.13. The predicted octanol–water partition coefficient (Wildman–Crippen LogP) is 2.33. The number of benzene rings is 1. The molecule has 0 saturated carbocycles. The van der Waals surface area contributed by atoms with Crippen LogP contribution < -0.4 is 10.6 Å². The summed E-state index contributed by atoms with van der Waals surface area (Å²) in [6.07, 6.45) is 0.831. The molecule has 2 amide bonds. The molecule has 1 atom stereocenters. The van der Waals surface area contributed by atoms with E-state index in [0.29, 0.717) is 21.1 Å². The zero-order chi connectivity index (χ0) is 18.4. The van der Waals surface area contributed by atoms with E-state index in [2.05, 4.69) is 15.6 Å². The predicted molar refractivity (Wildman–Crippen MR) is 97.9 cm³/mol. The van der Waals surface area contributed by atoms with Gasteiger partial charge in [-0.25, -0.2) is 4.98 Å². The van der Waals surface area contributed by atoms with Crippen molar-refractivity contribution in [1.82, 2.24) is 15.6 Å². The summed E-state index contributed by atoms with van der Waals surface area (Å²) in [5.41, 5.74) is 0.670. The van der Waals surface area contributed by atoms with Gasteiger partial charge in [-0.15, -0.1) is 11.3 Å². The molecule has 1 aromatic heterocycles. The third-order valence-electron chi connectivity index (χ3n) is 3.21. The number of fused-ring (bicyclic) bond motifs is 1. The molecule has 0 spiro atoms. The number of nitrogens with one attached hydrogen (secondary N) is 2. The van der Waals surface area contributed by atoms with Crippen LogP contribution >= 0.6 is 23.1 Å². The molecule has 8 nitrogen and oxygen atoms in total. The molecule has 0 saturated heterocycles. The van der Waals surface area contributed by atoms with Crippen molar-refractivity contribution in [1.29, 1.82) is 0 Å². The van der Waals surface area contributed by atoms with Gasteiger partial charge in [-0.1, -0.05) is 18.7 Å². The number of non-ortho nitro benzene ring substituents is 1. The first kappa shape index (κ1) is 19.1. The first-order valence-electron chi connectivity index (χ1n) is 7.65. The fourth-order valence-electron chi connectivity index (χ4n) is 1.94. The van der Waals surface area contributed by atoms with E-state index >= 15 is 0 Å². The molecule has 2 rings (SSSR count). The number of nitrogens with zero attached hydrogens (tertiary/aromatic N) is 2. The molecular formula is C15H18N4O4S2. The van der Waals surface area contributed by atoms with Gasteiger partial charge < -0.3 is 10.6 Å². The van der Waals surface area contributed by atoms with Gasteiger partial charge in [0, 0.05) is 18.7 Å². The van der Waals surface area contributed by atoms with E-state index in [4.69, 9.17) is 0 Å². The molecule has 0 radical (unpaired) electrons. The molecule has 0 fully saturated rings. The number of nitro groups is 1. The maximum Gasteiger partial charge on any atom is 0.270 e. The number of thiazole rings is 1. The summed E-state index contributed by atoms with van der Waals surface area (Å²) >= 11 is 2.53. The standard InChI is InChI=1S/C15H18N4O4S2/c1-3-6-16-14(21)9(2)17-13(20)8-24-15-18-11-5-4-10(19(22)23)7-12(11)25-15/h4-5,7,9H,3,6,8H2,1-2H3,(H,16,21)(H,17,20)/t9-/m0/s1. The van der Waals surface area contributed by atoms with Crippen LogP contribution in [0.15, 0.2) is 22.5 Å². The Hall–Kier alpha value is -2.20. The molecule has 2 N–H and O–H groups in total. The van der Waals surface area contributed by atoms with Gasteiger partial charge in [0.25, 0.3) is 5.69 Å². The molecule has 1 aromatic carbocycles. The van der Waals surface area contributed by atoms with Gasteiger partial charge in [0.15, 0.2) is 4.34 Å². The molecule has 0 aliphatic rings. The quantitative estimate of drug-likeness (QED) is 0.411. The Kier molecular flexibility index (Phi) is 6.71. The highest BCUT2D eigenvalue weighted by Gasteiger charge is 2.16. The van der Waals surface area contributed by atoms with Gasteiger partial charge in [-0.3, -0.25) is 19.7 Å². The average Bonchev–Trinajstić information content (AvgIpc) is 2.99. The SMILES string of the molecule is CCCNC(=O)[C@H](C)NC(=O)CSc1nc2ccc([N+](=O)[O-])cc2s1. The van der Waals surface area contributed by atoms with Crippen LogP contribution in [0.2, 0.25) is 0 Å². The van der Waals surface area contributed by atoms with Crippen LogP contribution in [0.4, 0.5) is 5.69 Å². The van der Waals surface area contributed by atoms with Crippen molar-refractivity contribution in [2.45, 2.75) is 30.6 Å². The number of amides is 2. The number of rotatable bonds is 8. The van der Waals surface area contributed by atoms with E-state index in [1.807, 2.05) is 6.92 Å². The van der Waals surface area contributed by atoms with Crippen molar-refractivity contribution in [3.8, 4) is 0 Å². The van der Waals surface area contributed by atoms with Crippen LogP contribution in [0, 0.1) is 10.1 Å². The summed E-state index contributed by atoms with van der Waals surface area (Å²) in [4.78, 5) is 38.3. The van der Waals surface area contributed by atoms with E-state index in [-0.39, 0.29) is 23.3 Å². The molecule has 0 aliphatic heterocycles. The lowest BCUT2D eigenvalue weighted by Crippen LogP contribution is -2.45. The highest BCUT2D eigenvalue weighted by Crippen LogP contribution is 2.31. The second-order valence-electron chi connectivity index (χ2n) is 5.26. The molecule has 134 valence electrons. The van der Waals surface area contributed by atoms with Crippen LogP contribution in [-0.4, -0.2) is 40.1 Å². The second-order valence-corrected chi connectivity index (χ2v) is 7.51. The van der Waals surface area contributed by atoms with Crippen LogP contribution in [0.3, 0.4) is 0 Å². The fourth-order valence-corrected chi connectivity index (χ4v) is 3.86. The maximum absolute atomic E-state index is 11.9.